The van der Waals surface area contributed by atoms with E-state index in [1.54, 1.807) is 6.26 Å². The number of aryl methyl sites for hydroxylation is 1. The predicted octanol–water partition coefficient (Wildman–Crippen LogP) is 3.54. The minimum atomic E-state index is 0.680. The smallest absolute Gasteiger partial charge is 0.232 e. The molecule has 0 saturated carbocycles. The predicted molar refractivity (Wildman–Crippen MR) is 71.5 cm³/mol. The molecule has 0 aromatic heterocycles. The van der Waals surface area contributed by atoms with E-state index < -0.39 is 0 Å². The summed E-state index contributed by atoms with van der Waals surface area (Å²) in [6.45, 7) is 2.84. The molecule has 0 saturated heterocycles. The highest BCUT2D eigenvalue weighted by Gasteiger charge is 2.28. The van der Waals surface area contributed by atoms with Crippen LogP contribution in [-0.4, -0.2) is 13.8 Å². The van der Waals surface area contributed by atoms with Crippen molar-refractivity contribution in [3.8, 4) is 0 Å². The third-order valence-electron chi connectivity index (χ3n) is 3.44. The van der Waals surface area contributed by atoms with Crippen molar-refractivity contribution >= 4 is 16.5 Å². The van der Waals surface area contributed by atoms with E-state index in [2.05, 4.69) is 56.6 Å². The molecule has 0 fully saturated rings. The monoisotopic (exact) mass is 226 g/mol. The van der Waals surface area contributed by atoms with Gasteiger partial charge in [0, 0.05) is 11.6 Å². The van der Waals surface area contributed by atoms with Crippen molar-refractivity contribution in [2.75, 3.05) is 13.8 Å². The summed E-state index contributed by atoms with van der Waals surface area (Å²) >= 11 is 0. The normalized spacial score (nSPS) is 22.9. The van der Waals surface area contributed by atoms with Gasteiger partial charge in [0.25, 0.3) is 0 Å². The van der Waals surface area contributed by atoms with Gasteiger partial charge in [0.2, 0.25) is 6.73 Å². The SMILES string of the molecule is Cc1cc2ccccc2cc1[N+]1(C)C=COC1. The highest BCUT2D eigenvalue weighted by Crippen LogP contribution is 2.32. The number of nitrogens with zero attached hydrogens (tertiary/aromatic N) is 1. The van der Waals surface area contributed by atoms with Crippen molar-refractivity contribution in [2.45, 2.75) is 6.92 Å². The highest BCUT2D eigenvalue weighted by atomic mass is 16.5. The molecule has 0 amide bonds. The van der Waals surface area contributed by atoms with Crippen LogP contribution in [-0.2, 0) is 4.74 Å². The molecular formula is C15H16NO+. The summed E-state index contributed by atoms with van der Waals surface area (Å²) in [5.41, 5.74) is 2.61. The van der Waals surface area contributed by atoms with Crippen molar-refractivity contribution in [1.82, 2.24) is 4.48 Å². The highest BCUT2D eigenvalue weighted by molar-refractivity contribution is 5.87. The minimum Gasteiger partial charge on any atom is -0.446 e. The molecule has 1 atom stereocenters. The number of fused-ring (bicyclic) bond motifs is 1. The van der Waals surface area contributed by atoms with E-state index in [9.17, 15) is 0 Å². The lowest BCUT2D eigenvalue weighted by Crippen LogP contribution is -2.37. The van der Waals surface area contributed by atoms with Gasteiger partial charge in [0.15, 0.2) is 0 Å². The fourth-order valence-corrected chi connectivity index (χ4v) is 2.46. The first-order valence-corrected chi connectivity index (χ1v) is 5.84. The van der Waals surface area contributed by atoms with Crippen LogP contribution in [0, 0.1) is 6.92 Å². The number of quaternary nitrogens is 1. The first-order valence-electron chi connectivity index (χ1n) is 5.84. The Hall–Kier alpha value is -1.80. The van der Waals surface area contributed by atoms with E-state index in [1.165, 1.54) is 22.0 Å². The molecule has 1 heterocycles. The second-order valence-electron chi connectivity index (χ2n) is 4.83. The average Bonchev–Trinajstić information content (AvgIpc) is 2.76. The lowest BCUT2D eigenvalue weighted by atomic mass is 10.0. The zero-order valence-electron chi connectivity index (χ0n) is 10.2. The fourth-order valence-electron chi connectivity index (χ4n) is 2.46. The first kappa shape index (κ1) is 10.4. The van der Waals surface area contributed by atoms with Crippen molar-refractivity contribution in [3.63, 3.8) is 0 Å². The zero-order chi connectivity index (χ0) is 11.9. The lowest BCUT2D eigenvalue weighted by Gasteiger charge is -2.25. The quantitative estimate of drug-likeness (QED) is 0.676. The summed E-state index contributed by atoms with van der Waals surface area (Å²) in [7, 11) is 2.17. The second kappa shape index (κ2) is 3.60. The van der Waals surface area contributed by atoms with E-state index in [0.717, 1.165) is 4.48 Å². The minimum absolute atomic E-state index is 0.680. The van der Waals surface area contributed by atoms with Crippen LogP contribution in [0.5, 0.6) is 0 Å². The molecule has 86 valence electrons. The Kier molecular flexibility index (Phi) is 2.20. The topological polar surface area (TPSA) is 9.23 Å². The van der Waals surface area contributed by atoms with E-state index in [0.29, 0.717) is 6.73 Å². The summed E-state index contributed by atoms with van der Waals surface area (Å²) in [4.78, 5) is 0. The molecule has 3 rings (SSSR count). The van der Waals surface area contributed by atoms with Crippen molar-refractivity contribution in [2.24, 2.45) is 0 Å². The van der Waals surface area contributed by atoms with Crippen LogP contribution in [0.4, 0.5) is 5.69 Å². The summed E-state index contributed by atoms with van der Waals surface area (Å²) in [6, 6.07) is 13.0. The Morgan fingerprint density at radius 2 is 1.82 bits per heavy atom. The third kappa shape index (κ3) is 1.61. The van der Waals surface area contributed by atoms with Gasteiger partial charge in [-0.05, 0) is 23.8 Å². The zero-order valence-corrected chi connectivity index (χ0v) is 10.2. The standard InChI is InChI=1S/C15H16NO/c1-12-9-13-5-3-4-6-14(13)10-15(12)16(2)7-8-17-11-16/h3-10H,11H2,1-2H3/q+1. The first-order chi connectivity index (χ1) is 8.19. The fraction of sp³-hybridized carbons (Fsp3) is 0.200. The van der Waals surface area contributed by atoms with E-state index in [4.69, 9.17) is 4.74 Å². The molecule has 17 heavy (non-hydrogen) atoms. The van der Waals surface area contributed by atoms with Crippen molar-refractivity contribution < 1.29 is 4.74 Å². The number of hydrogen-bond acceptors (Lipinski definition) is 1. The van der Waals surface area contributed by atoms with Crippen LogP contribution in [0.25, 0.3) is 10.8 Å². The maximum atomic E-state index is 5.37. The Balaban J connectivity index is 2.23. The largest absolute Gasteiger partial charge is 0.446 e. The molecule has 2 aromatic rings. The maximum absolute atomic E-state index is 5.37. The van der Waals surface area contributed by atoms with Gasteiger partial charge in [0.1, 0.15) is 18.1 Å². The Morgan fingerprint density at radius 1 is 1.12 bits per heavy atom. The third-order valence-corrected chi connectivity index (χ3v) is 3.44. The molecule has 1 aliphatic heterocycles. The Labute approximate surface area is 101 Å². The van der Waals surface area contributed by atoms with Gasteiger partial charge in [-0.3, -0.25) is 0 Å². The number of ether oxygens (including phenoxy) is 1. The van der Waals surface area contributed by atoms with Gasteiger partial charge in [-0.25, -0.2) is 4.48 Å². The maximum Gasteiger partial charge on any atom is 0.232 e. The van der Waals surface area contributed by atoms with Gasteiger partial charge in [0.05, 0.1) is 7.05 Å². The van der Waals surface area contributed by atoms with Crippen molar-refractivity contribution in [3.05, 3.63) is 54.4 Å². The van der Waals surface area contributed by atoms with Crippen LogP contribution >= 0.6 is 0 Å². The van der Waals surface area contributed by atoms with Gasteiger partial charge in [-0.1, -0.05) is 24.3 Å². The molecule has 2 nitrogen and oxygen atoms in total. The molecule has 0 radical (unpaired) electrons. The second-order valence-corrected chi connectivity index (χ2v) is 4.83. The summed E-state index contributed by atoms with van der Waals surface area (Å²) in [5, 5.41) is 2.58. The van der Waals surface area contributed by atoms with Crippen LogP contribution in [0.3, 0.4) is 0 Å². The van der Waals surface area contributed by atoms with Crippen LogP contribution in [0.1, 0.15) is 5.56 Å². The van der Waals surface area contributed by atoms with E-state index in [1.807, 2.05) is 0 Å². The molecule has 0 bridgehead atoms. The molecule has 0 N–H and O–H groups in total. The van der Waals surface area contributed by atoms with Gasteiger partial charge >= 0.3 is 0 Å². The van der Waals surface area contributed by atoms with Gasteiger partial charge in [-0.15, -0.1) is 0 Å². The number of rotatable bonds is 1. The molecule has 1 aliphatic rings. The molecule has 2 heteroatoms. The summed E-state index contributed by atoms with van der Waals surface area (Å²) in [6.07, 6.45) is 3.88. The Bertz CT molecular complexity index is 603. The van der Waals surface area contributed by atoms with Gasteiger partial charge in [-0.2, -0.15) is 0 Å². The summed E-state index contributed by atoms with van der Waals surface area (Å²) < 4.78 is 6.09. The van der Waals surface area contributed by atoms with Crippen molar-refractivity contribution in [1.29, 1.82) is 0 Å². The van der Waals surface area contributed by atoms with Crippen LogP contribution < -0.4 is 4.48 Å². The van der Waals surface area contributed by atoms with E-state index >= 15 is 0 Å². The Morgan fingerprint density at radius 3 is 2.47 bits per heavy atom. The molecule has 1 unspecified atom stereocenters. The number of hydrogen-bond donors (Lipinski definition) is 0. The molecular weight excluding hydrogens is 210 g/mol. The van der Waals surface area contributed by atoms with Gasteiger partial charge < -0.3 is 4.74 Å². The molecule has 0 spiro atoms. The number of benzene rings is 2. The van der Waals surface area contributed by atoms with E-state index in [-0.39, 0.29) is 0 Å². The van der Waals surface area contributed by atoms with Crippen LogP contribution in [0.15, 0.2) is 48.9 Å². The van der Waals surface area contributed by atoms with Crippen LogP contribution in [0.2, 0.25) is 0 Å². The lowest BCUT2D eigenvalue weighted by molar-refractivity contribution is 0.191. The summed E-state index contributed by atoms with van der Waals surface area (Å²) in [5.74, 6) is 0. The molecule has 0 aliphatic carbocycles. The molecule has 2 aromatic carbocycles. The average molecular weight is 226 g/mol.